The second-order valence-electron chi connectivity index (χ2n) is 4.83. The van der Waals surface area contributed by atoms with E-state index in [1.165, 1.54) is 0 Å². The lowest BCUT2D eigenvalue weighted by Crippen LogP contribution is -2.19. The van der Waals surface area contributed by atoms with E-state index in [1.54, 1.807) is 6.20 Å². The van der Waals surface area contributed by atoms with Gasteiger partial charge in [0.15, 0.2) is 5.65 Å². The zero-order valence-electron chi connectivity index (χ0n) is 10.9. The molecule has 2 heterocycles. The Balaban J connectivity index is 2.33. The van der Waals surface area contributed by atoms with Crippen molar-refractivity contribution in [3.8, 4) is 0 Å². The van der Waals surface area contributed by atoms with Gasteiger partial charge in [0.25, 0.3) is 0 Å². The zero-order chi connectivity index (χ0) is 12.4. The highest BCUT2D eigenvalue weighted by atomic mass is 15.3. The van der Waals surface area contributed by atoms with Gasteiger partial charge in [-0.3, -0.25) is 0 Å². The summed E-state index contributed by atoms with van der Waals surface area (Å²) in [6.07, 6.45) is 3.62. The molecule has 0 aliphatic heterocycles. The number of hydrogen-bond acceptors (Lipinski definition) is 4. The molecule has 0 bridgehead atoms. The van der Waals surface area contributed by atoms with Crippen molar-refractivity contribution in [2.24, 2.45) is 0 Å². The van der Waals surface area contributed by atoms with Gasteiger partial charge in [-0.1, -0.05) is 13.8 Å². The minimum absolute atomic E-state index is 0.393. The maximum atomic E-state index is 4.63. The van der Waals surface area contributed by atoms with Gasteiger partial charge in [0, 0.05) is 12.7 Å². The van der Waals surface area contributed by atoms with Gasteiger partial charge in [-0.25, -0.2) is 14.6 Å². The third-order valence-corrected chi connectivity index (χ3v) is 2.71. The molecule has 17 heavy (non-hydrogen) atoms. The highest BCUT2D eigenvalue weighted by molar-refractivity contribution is 5.69. The van der Waals surface area contributed by atoms with Gasteiger partial charge in [0.2, 0.25) is 0 Å². The van der Waals surface area contributed by atoms with E-state index >= 15 is 0 Å². The van der Waals surface area contributed by atoms with E-state index < -0.39 is 0 Å². The Kier molecular flexibility index (Phi) is 3.38. The van der Waals surface area contributed by atoms with Crippen LogP contribution in [0.4, 0.5) is 0 Å². The number of aromatic nitrogens is 4. The smallest absolute Gasteiger partial charge is 0.177 e. The van der Waals surface area contributed by atoms with Crippen LogP contribution in [-0.4, -0.2) is 45.3 Å². The first-order valence-corrected chi connectivity index (χ1v) is 5.91. The van der Waals surface area contributed by atoms with Crippen molar-refractivity contribution in [1.29, 1.82) is 0 Å². The number of nitrogens with zero attached hydrogens (tertiary/aromatic N) is 5. The van der Waals surface area contributed by atoms with Crippen molar-refractivity contribution >= 4 is 11.2 Å². The molecule has 92 valence electrons. The average Bonchev–Trinajstić information content (AvgIpc) is 2.68. The predicted octanol–water partition coefficient (Wildman–Crippen LogP) is 1.51. The summed E-state index contributed by atoms with van der Waals surface area (Å²) in [6.45, 7) is 6.03. The fraction of sp³-hybridized carbons (Fsp3) is 0.583. The van der Waals surface area contributed by atoms with Crippen LogP contribution in [0, 0.1) is 0 Å². The van der Waals surface area contributed by atoms with Gasteiger partial charge in [0.05, 0.1) is 18.4 Å². The van der Waals surface area contributed by atoms with E-state index in [0.717, 1.165) is 29.9 Å². The minimum Gasteiger partial charge on any atom is -0.308 e. The van der Waals surface area contributed by atoms with Gasteiger partial charge >= 0.3 is 0 Å². The van der Waals surface area contributed by atoms with Crippen LogP contribution in [-0.2, 0) is 6.54 Å². The lowest BCUT2D eigenvalue weighted by atomic mass is 10.1. The predicted molar refractivity (Wildman–Crippen MR) is 68.0 cm³/mol. The van der Waals surface area contributed by atoms with Gasteiger partial charge < -0.3 is 4.90 Å². The topological polar surface area (TPSA) is 46.8 Å². The van der Waals surface area contributed by atoms with Crippen LogP contribution in [0.25, 0.3) is 11.2 Å². The third-order valence-electron chi connectivity index (χ3n) is 2.71. The second kappa shape index (κ2) is 4.79. The summed E-state index contributed by atoms with van der Waals surface area (Å²) in [7, 11) is 4.10. The summed E-state index contributed by atoms with van der Waals surface area (Å²) in [4.78, 5) is 11.2. The fourth-order valence-corrected chi connectivity index (χ4v) is 1.60. The molecule has 2 rings (SSSR count). The summed E-state index contributed by atoms with van der Waals surface area (Å²) in [5.74, 6) is 0.393. The van der Waals surface area contributed by atoms with Crippen molar-refractivity contribution in [2.75, 3.05) is 20.6 Å². The van der Waals surface area contributed by atoms with Crippen LogP contribution in [0.5, 0.6) is 0 Å². The molecular weight excluding hydrogens is 214 g/mol. The summed E-state index contributed by atoms with van der Waals surface area (Å²) >= 11 is 0. The van der Waals surface area contributed by atoms with Crippen LogP contribution in [0.15, 0.2) is 12.4 Å². The number of likely N-dealkylation sites (N-methyl/N-ethyl adjacent to an activating group) is 1. The molecule has 5 nitrogen and oxygen atoms in total. The molecule has 0 spiro atoms. The Morgan fingerprint density at radius 3 is 2.71 bits per heavy atom. The third kappa shape index (κ3) is 2.61. The zero-order valence-corrected chi connectivity index (χ0v) is 10.9. The van der Waals surface area contributed by atoms with E-state index in [0.29, 0.717) is 5.92 Å². The first-order valence-electron chi connectivity index (χ1n) is 5.91. The first kappa shape index (κ1) is 12.0. The molecule has 0 amide bonds. The van der Waals surface area contributed by atoms with Gasteiger partial charge in [-0.05, 0) is 20.0 Å². The largest absolute Gasteiger partial charge is 0.308 e. The Bertz CT molecular complexity index is 501. The van der Waals surface area contributed by atoms with Crippen molar-refractivity contribution in [3.05, 3.63) is 18.1 Å². The molecule has 0 aliphatic carbocycles. The van der Waals surface area contributed by atoms with Crippen LogP contribution in [0.2, 0.25) is 0 Å². The molecule has 0 saturated heterocycles. The molecule has 0 atom stereocenters. The Labute approximate surface area is 101 Å². The lowest BCUT2D eigenvalue weighted by Gasteiger charge is -2.10. The van der Waals surface area contributed by atoms with E-state index in [1.807, 2.05) is 10.9 Å². The van der Waals surface area contributed by atoms with Crippen LogP contribution in [0.3, 0.4) is 0 Å². The van der Waals surface area contributed by atoms with Crippen LogP contribution < -0.4 is 0 Å². The maximum Gasteiger partial charge on any atom is 0.177 e. The van der Waals surface area contributed by atoms with Gasteiger partial charge in [-0.2, -0.15) is 5.10 Å². The average molecular weight is 233 g/mol. The molecule has 2 aromatic rings. The normalized spacial score (nSPS) is 11.9. The molecule has 0 radical (unpaired) electrons. The Morgan fingerprint density at radius 1 is 1.29 bits per heavy atom. The molecule has 0 fully saturated rings. The maximum absolute atomic E-state index is 4.63. The van der Waals surface area contributed by atoms with Gasteiger partial charge in [-0.15, -0.1) is 0 Å². The molecule has 0 aliphatic rings. The monoisotopic (exact) mass is 233 g/mol. The Morgan fingerprint density at radius 2 is 2.06 bits per heavy atom. The van der Waals surface area contributed by atoms with Crippen LogP contribution >= 0.6 is 0 Å². The number of fused-ring (bicyclic) bond motifs is 1. The standard InChI is InChI=1S/C12H19N5/c1-9(2)10-7-13-11-8-14-17(12(11)15-10)6-5-16(3)4/h7-9H,5-6H2,1-4H3. The first-order chi connectivity index (χ1) is 8.08. The Hall–Kier alpha value is -1.49. The van der Waals surface area contributed by atoms with E-state index in [9.17, 15) is 0 Å². The fourth-order valence-electron chi connectivity index (χ4n) is 1.60. The molecule has 2 aromatic heterocycles. The van der Waals surface area contributed by atoms with Crippen molar-refractivity contribution in [1.82, 2.24) is 24.6 Å². The van der Waals surface area contributed by atoms with Crippen molar-refractivity contribution in [2.45, 2.75) is 26.3 Å². The summed E-state index contributed by atoms with van der Waals surface area (Å²) in [5.41, 5.74) is 2.77. The molecule has 5 heteroatoms. The van der Waals surface area contributed by atoms with E-state index in [-0.39, 0.29) is 0 Å². The van der Waals surface area contributed by atoms with E-state index in [2.05, 4.69) is 47.9 Å². The SMILES string of the molecule is CC(C)c1cnc2cnn(CCN(C)C)c2n1. The number of rotatable bonds is 4. The molecule has 0 aromatic carbocycles. The number of hydrogen-bond donors (Lipinski definition) is 0. The summed E-state index contributed by atoms with van der Waals surface area (Å²) in [5, 5.41) is 4.33. The molecular formula is C12H19N5. The van der Waals surface area contributed by atoms with Crippen LogP contribution in [0.1, 0.15) is 25.5 Å². The van der Waals surface area contributed by atoms with Gasteiger partial charge in [0.1, 0.15) is 5.52 Å². The van der Waals surface area contributed by atoms with Crippen molar-refractivity contribution < 1.29 is 0 Å². The highest BCUT2D eigenvalue weighted by Crippen LogP contribution is 2.14. The lowest BCUT2D eigenvalue weighted by molar-refractivity contribution is 0.376. The minimum atomic E-state index is 0.393. The molecule has 0 N–H and O–H groups in total. The second-order valence-corrected chi connectivity index (χ2v) is 4.83. The van der Waals surface area contributed by atoms with Crippen molar-refractivity contribution in [3.63, 3.8) is 0 Å². The highest BCUT2D eigenvalue weighted by Gasteiger charge is 2.08. The van der Waals surface area contributed by atoms with E-state index in [4.69, 9.17) is 0 Å². The quantitative estimate of drug-likeness (QED) is 0.803. The molecule has 0 saturated carbocycles. The summed E-state index contributed by atoms with van der Waals surface area (Å²) in [6, 6.07) is 0. The molecule has 0 unspecified atom stereocenters. The summed E-state index contributed by atoms with van der Waals surface area (Å²) < 4.78 is 1.92.